The molecule has 1 amide bonds. The number of nitrogens with zero attached hydrogens (tertiary/aromatic N) is 2. The molecule has 1 unspecified atom stereocenters. The van der Waals surface area contributed by atoms with E-state index < -0.39 is 0 Å². The fourth-order valence-corrected chi connectivity index (χ4v) is 3.38. The molecule has 1 fully saturated rings. The van der Waals surface area contributed by atoms with Crippen molar-refractivity contribution in [3.63, 3.8) is 0 Å². The Hall–Kier alpha value is -1.69. The molecule has 1 aromatic heterocycles. The molecule has 19 heavy (non-hydrogen) atoms. The van der Waals surface area contributed by atoms with Gasteiger partial charge in [-0.15, -0.1) is 0 Å². The molecule has 6 heteroatoms. The summed E-state index contributed by atoms with van der Waals surface area (Å²) in [5, 5.41) is 3.54. The van der Waals surface area contributed by atoms with E-state index in [2.05, 4.69) is 15.2 Å². The van der Waals surface area contributed by atoms with Crippen LogP contribution in [0.15, 0.2) is 35.4 Å². The molecule has 0 radical (unpaired) electrons. The van der Waals surface area contributed by atoms with Crippen molar-refractivity contribution in [1.29, 1.82) is 0 Å². The van der Waals surface area contributed by atoms with Crippen LogP contribution in [-0.4, -0.2) is 22.8 Å². The summed E-state index contributed by atoms with van der Waals surface area (Å²) in [7, 11) is 0. The maximum absolute atomic E-state index is 10.6. The Morgan fingerprint density at radius 1 is 1.58 bits per heavy atom. The van der Waals surface area contributed by atoms with E-state index in [9.17, 15) is 4.79 Å². The third kappa shape index (κ3) is 2.53. The molecule has 0 aromatic carbocycles. The molecule has 3 N–H and O–H groups in total. The monoisotopic (exact) mass is 276 g/mol. The van der Waals surface area contributed by atoms with Crippen LogP contribution in [-0.2, 0) is 4.79 Å². The summed E-state index contributed by atoms with van der Waals surface area (Å²) in [5.41, 5.74) is 7.27. The molecular formula is C13H16N4OS. The highest BCUT2D eigenvalue weighted by atomic mass is 32.2. The summed E-state index contributed by atoms with van der Waals surface area (Å²) in [6.07, 6.45) is 6.83. The topological polar surface area (TPSA) is 71.2 Å². The Morgan fingerprint density at radius 3 is 3.05 bits per heavy atom. The van der Waals surface area contributed by atoms with Gasteiger partial charge in [-0.1, -0.05) is 17.8 Å². The number of pyridine rings is 1. The largest absolute Gasteiger partial charge is 0.383 e. The Bertz CT molecular complexity index is 501. The highest BCUT2D eigenvalue weighted by Gasteiger charge is 2.36. The number of hydrogen-bond donors (Lipinski definition) is 2. The first-order chi connectivity index (χ1) is 9.29. The maximum Gasteiger partial charge on any atom is 0.212 e. The molecule has 1 saturated carbocycles. The van der Waals surface area contributed by atoms with E-state index >= 15 is 0 Å². The minimum atomic E-state index is 0.108. The molecule has 0 spiro atoms. The van der Waals surface area contributed by atoms with Crippen molar-refractivity contribution >= 4 is 18.2 Å². The predicted octanol–water partition coefficient (Wildman–Crippen LogP) is 1.37. The lowest BCUT2D eigenvalue weighted by atomic mass is 10.2. The number of nitrogens with two attached hydrogens (primary N) is 1. The summed E-state index contributed by atoms with van der Waals surface area (Å²) < 4.78 is 0. The normalized spacial score (nSPS) is 22.7. The number of aromatic nitrogens is 1. The van der Waals surface area contributed by atoms with Gasteiger partial charge in [-0.3, -0.25) is 9.78 Å². The molecule has 5 nitrogen and oxygen atoms in total. The average Bonchev–Trinajstić information content (AvgIpc) is 3.20. The van der Waals surface area contributed by atoms with E-state index in [4.69, 9.17) is 5.73 Å². The third-order valence-electron chi connectivity index (χ3n) is 3.37. The molecule has 1 aliphatic heterocycles. The molecule has 2 heterocycles. The number of amides is 1. The van der Waals surface area contributed by atoms with Crippen molar-refractivity contribution in [2.24, 2.45) is 11.7 Å². The molecule has 1 aliphatic carbocycles. The zero-order valence-corrected chi connectivity index (χ0v) is 11.3. The second kappa shape index (κ2) is 5.13. The Labute approximate surface area is 116 Å². The first kappa shape index (κ1) is 12.3. The molecule has 2 aliphatic rings. The van der Waals surface area contributed by atoms with E-state index in [1.54, 1.807) is 18.0 Å². The lowest BCUT2D eigenvalue weighted by molar-refractivity contribution is -0.108. The van der Waals surface area contributed by atoms with E-state index in [1.165, 1.54) is 12.8 Å². The van der Waals surface area contributed by atoms with Gasteiger partial charge in [-0.25, -0.2) is 0 Å². The molecule has 1 atom stereocenters. The fraction of sp³-hybridized carbons (Fsp3) is 0.385. The Balaban J connectivity index is 1.85. The minimum absolute atomic E-state index is 0.108. The highest BCUT2D eigenvalue weighted by molar-refractivity contribution is 8.03. The van der Waals surface area contributed by atoms with Crippen LogP contribution in [0.2, 0.25) is 0 Å². The van der Waals surface area contributed by atoms with Crippen molar-refractivity contribution in [1.82, 2.24) is 15.2 Å². The van der Waals surface area contributed by atoms with Crippen LogP contribution in [0, 0.1) is 5.92 Å². The van der Waals surface area contributed by atoms with Gasteiger partial charge in [0.1, 0.15) is 16.2 Å². The van der Waals surface area contributed by atoms with Crippen molar-refractivity contribution in [3.05, 3.63) is 40.9 Å². The summed E-state index contributed by atoms with van der Waals surface area (Å²) >= 11 is 1.57. The first-order valence-corrected chi connectivity index (χ1v) is 7.20. The van der Waals surface area contributed by atoms with Crippen molar-refractivity contribution < 1.29 is 4.79 Å². The molecule has 3 rings (SSSR count). The summed E-state index contributed by atoms with van der Waals surface area (Å²) in [4.78, 5) is 17.0. The number of hydrogen-bond acceptors (Lipinski definition) is 5. The Morgan fingerprint density at radius 2 is 2.42 bits per heavy atom. The van der Waals surface area contributed by atoms with Gasteiger partial charge >= 0.3 is 0 Å². The van der Waals surface area contributed by atoms with Gasteiger partial charge in [0.2, 0.25) is 6.41 Å². The smallest absolute Gasteiger partial charge is 0.212 e. The van der Waals surface area contributed by atoms with Crippen molar-refractivity contribution in [2.75, 3.05) is 6.54 Å². The number of carbonyl (C=O) groups is 1. The lowest BCUT2D eigenvalue weighted by Crippen LogP contribution is -2.29. The van der Waals surface area contributed by atoms with Crippen LogP contribution in [0.4, 0.5) is 0 Å². The number of nitrogens with one attached hydrogen (secondary N) is 1. The van der Waals surface area contributed by atoms with Crippen LogP contribution >= 0.6 is 11.8 Å². The standard InChI is InChI=1S/C13H16N4OS/c14-11-12(16-8-18)19-13(10-2-1-5-15-6-10)17(11)7-9-3-4-9/h1-2,5-6,8-9,13H,3-4,7,14H2,(H,16,18). The predicted molar refractivity (Wildman–Crippen MR) is 74.4 cm³/mol. The van der Waals surface area contributed by atoms with Gasteiger partial charge < -0.3 is 16.0 Å². The van der Waals surface area contributed by atoms with Gasteiger partial charge in [0.25, 0.3) is 0 Å². The molecule has 1 aromatic rings. The van der Waals surface area contributed by atoms with E-state index in [0.717, 1.165) is 23.1 Å². The quantitative estimate of drug-likeness (QED) is 0.795. The van der Waals surface area contributed by atoms with Gasteiger partial charge in [0.05, 0.1) is 0 Å². The maximum atomic E-state index is 10.6. The molecular weight excluding hydrogens is 260 g/mol. The summed E-state index contributed by atoms with van der Waals surface area (Å²) in [5.74, 6) is 1.40. The van der Waals surface area contributed by atoms with Gasteiger partial charge in [0, 0.05) is 24.5 Å². The molecule has 100 valence electrons. The molecule has 0 saturated heterocycles. The van der Waals surface area contributed by atoms with Crippen LogP contribution in [0.1, 0.15) is 23.8 Å². The van der Waals surface area contributed by atoms with Crippen molar-refractivity contribution in [2.45, 2.75) is 18.2 Å². The van der Waals surface area contributed by atoms with Crippen LogP contribution in [0.25, 0.3) is 0 Å². The van der Waals surface area contributed by atoms with Gasteiger partial charge in [-0.2, -0.15) is 0 Å². The fourth-order valence-electron chi connectivity index (χ4n) is 2.20. The van der Waals surface area contributed by atoms with E-state index in [0.29, 0.717) is 12.2 Å². The van der Waals surface area contributed by atoms with Gasteiger partial charge in [-0.05, 0) is 24.8 Å². The second-order valence-corrected chi connectivity index (χ2v) is 5.92. The van der Waals surface area contributed by atoms with Crippen LogP contribution < -0.4 is 11.1 Å². The lowest BCUT2D eigenvalue weighted by Gasteiger charge is -2.26. The van der Waals surface area contributed by atoms with E-state index in [-0.39, 0.29) is 5.37 Å². The zero-order chi connectivity index (χ0) is 13.2. The zero-order valence-electron chi connectivity index (χ0n) is 10.5. The summed E-state index contributed by atoms with van der Waals surface area (Å²) in [6.45, 7) is 0.947. The summed E-state index contributed by atoms with van der Waals surface area (Å²) in [6, 6.07) is 3.97. The molecule has 0 bridgehead atoms. The van der Waals surface area contributed by atoms with E-state index in [1.807, 2.05) is 18.3 Å². The number of carbonyl (C=O) groups excluding carboxylic acids is 1. The van der Waals surface area contributed by atoms with Gasteiger partial charge in [0.15, 0.2) is 0 Å². The van der Waals surface area contributed by atoms with Crippen LogP contribution in [0.5, 0.6) is 0 Å². The second-order valence-electron chi connectivity index (χ2n) is 4.83. The van der Waals surface area contributed by atoms with Crippen LogP contribution in [0.3, 0.4) is 0 Å². The third-order valence-corrected chi connectivity index (χ3v) is 4.68. The Kier molecular flexibility index (Phi) is 3.33. The number of rotatable bonds is 5. The first-order valence-electron chi connectivity index (χ1n) is 6.32. The average molecular weight is 276 g/mol. The minimum Gasteiger partial charge on any atom is -0.383 e. The highest BCUT2D eigenvalue weighted by Crippen LogP contribution is 2.46. The van der Waals surface area contributed by atoms with Crippen molar-refractivity contribution in [3.8, 4) is 0 Å². The number of thioether (sulfide) groups is 1. The SMILES string of the molecule is NC1=C(NC=O)SC(c2cccnc2)N1CC1CC1.